The summed E-state index contributed by atoms with van der Waals surface area (Å²) in [5.74, 6) is 0.930. The lowest BCUT2D eigenvalue weighted by Gasteiger charge is -2.14. The van der Waals surface area contributed by atoms with E-state index >= 15 is 0 Å². The maximum Gasteiger partial charge on any atom is 0.422 e. The first kappa shape index (κ1) is 27.3. The van der Waals surface area contributed by atoms with E-state index in [4.69, 9.17) is 9.47 Å². The van der Waals surface area contributed by atoms with Crippen LogP contribution in [0, 0.1) is 13.8 Å². The lowest BCUT2D eigenvalue weighted by Crippen LogP contribution is -2.38. The fourth-order valence-corrected chi connectivity index (χ4v) is 3.47. The molecule has 0 radical (unpaired) electrons. The summed E-state index contributed by atoms with van der Waals surface area (Å²) in [5.41, 5.74) is 1.85. The molecule has 2 N–H and O–H groups in total. The lowest BCUT2D eigenvalue weighted by molar-refractivity contribution is -0.153. The molecule has 11 heteroatoms. The van der Waals surface area contributed by atoms with Gasteiger partial charge in [0.15, 0.2) is 24.1 Å². The van der Waals surface area contributed by atoms with Crippen LogP contribution in [0.3, 0.4) is 0 Å². The number of halogens is 4. The molecule has 6 nitrogen and oxygen atoms in total. The predicted molar refractivity (Wildman–Crippen MR) is 128 cm³/mol. The van der Waals surface area contributed by atoms with Gasteiger partial charge in [-0.15, -0.1) is 35.3 Å². The molecule has 0 amide bonds. The van der Waals surface area contributed by atoms with Crippen molar-refractivity contribution in [2.45, 2.75) is 39.9 Å². The van der Waals surface area contributed by atoms with Crippen molar-refractivity contribution >= 4 is 41.3 Å². The van der Waals surface area contributed by atoms with Crippen molar-refractivity contribution in [1.29, 1.82) is 0 Å². The van der Waals surface area contributed by atoms with Gasteiger partial charge in [0.2, 0.25) is 0 Å². The standard InChI is InChI=1S/C20H27F3N4O2S.HI/c1-5-24-19(25-9-8-18-27-13(2)14(3)30-18)26-11-15-6-7-16(17(10-15)28-4)29-12-20(21,22)23;/h6-7,10H,5,8-9,11-12H2,1-4H3,(H2,24,25,26);1H. The molecule has 1 heterocycles. The van der Waals surface area contributed by atoms with E-state index < -0.39 is 12.8 Å². The number of ether oxygens (including phenoxy) is 2. The molecule has 0 bridgehead atoms. The number of methoxy groups -OCH3 is 1. The van der Waals surface area contributed by atoms with Gasteiger partial charge in [0.05, 0.1) is 24.4 Å². The van der Waals surface area contributed by atoms with E-state index in [1.54, 1.807) is 23.5 Å². The zero-order chi connectivity index (χ0) is 22.1. The van der Waals surface area contributed by atoms with Gasteiger partial charge in [0.1, 0.15) is 0 Å². The highest BCUT2D eigenvalue weighted by molar-refractivity contribution is 14.0. The third kappa shape index (κ3) is 9.50. The van der Waals surface area contributed by atoms with Crippen molar-refractivity contribution in [2.75, 3.05) is 26.8 Å². The summed E-state index contributed by atoms with van der Waals surface area (Å²) in [6, 6.07) is 4.76. The number of thiazole rings is 1. The first-order valence-electron chi connectivity index (χ1n) is 9.53. The summed E-state index contributed by atoms with van der Waals surface area (Å²) in [4.78, 5) is 10.3. The molecule has 0 atom stereocenters. The Balaban J connectivity index is 0.00000480. The minimum atomic E-state index is -4.41. The zero-order valence-corrected chi connectivity index (χ0v) is 21.1. The number of guanidine groups is 1. The molecule has 0 aliphatic rings. The smallest absolute Gasteiger partial charge is 0.422 e. The molecule has 1 aromatic heterocycles. The minimum Gasteiger partial charge on any atom is -0.493 e. The van der Waals surface area contributed by atoms with Crippen molar-refractivity contribution in [2.24, 2.45) is 4.99 Å². The molecule has 0 unspecified atom stereocenters. The SMILES string of the molecule is CCNC(=NCc1ccc(OCC(F)(F)F)c(OC)c1)NCCc1nc(C)c(C)s1.I. The summed E-state index contributed by atoms with van der Waals surface area (Å²) >= 11 is 1.69. The summed E-state index contributed by atoms with van der Waals surface area (Å²) in [6.07, 6.45) is -3.61. The van der Waals surface area contributed by atoms with E-state index in [9.17, 15) is 13.2 Å². The molecule has 0 fully saturated rings. The molecule has 2 rings (SSSR count). The highest BCUT2D eigenvalue weighted by atomic mass is 127. The Morgan fingerprint density at radius 2 is 1.94 bits per heavy atom. The van der Waals surface area contributed by atoms with Gasteiger partial charge in [-0.2, -0.15) is 13.2 Å². The van der Waals surface area contributed by atoms with Crippen LogP contribution in [0.25, 0.3) is 0 Å². The lowest BCUT2D eigenvalue weighted by atomic mass is 10.2. The minimum absolute atomic E-state index is 0. The number of rotatable bonds is 9. The molecule has 0 spiro atoms. The van der Waals surface area contributed by atoms with E-state index in [1.165, 1.54) is 18.1 Å². The van der Waals surface area contributed by atoms with Gasteiger partial charge < -0.3 is 20.1 Å². The number of hydrogen-bond donors (Lipinski definition) is 2. The highest BCUT2D eigenvalue weighted by Crippen LogP contribution is 2.30. The first-order chi connectivity index (χ1) is 14.2. The molecular weight excluding hydrogens is 544 g/mol. The van der Waals surface area contributed by atoms with Crippen LogP contribution in [-0.4, -0.2) is 43.9 Å². The van der Waals surface area contributed by atoms with Crippen molar-refractivity contribution in [1.82, 2.24) is 15.6 Å². The quantitative estimate of drug-likeness (QED) is 0.261. The summed E-state index contributed by atoms with van der Waals surface area (Å²) in [7, 11) is 1.39. The van der Waals surface area contributed by atoms with Gasteiger partial charge in [-0.3, -0.25) is 0 Å². The number of alkyl halides is 3. The number of nitrogens with zero attached hydrogens (tertiary/aromatic N) is 2. The maximum atomic E-state index is 12.4. The molecule has 0 aliphatic heterocycles. The molecule has 0 aliphatic carbocycles. The van der Waals surface area contributed by atoms with E-state index in [2.05, 4.69) is 27.5 Å². The largest absolute Gasteiger partial charge is 0.493 e. The van der Waals surface area contributed by atoms with Crippen LogP contribution in [-0.2, 0) is 13.0 Å². The van der Waals surface area contributed by atoms with Crippen LogP contribution in [0.15, 0.2) is 23.2 Å². The van der Waals surface area contributed by atoms with Crippen LogP contribution in [0.2, 0.25) is 0 Å². The van der Waals surface area contributed by atoms with Gasteiger partial charge >= 0.3 is 6.18 Å². The van der Waals surface area contributed by atoms with E-state index in [1.807, 2.05) is 13.8 Å². The third-order valence-electron chi connectivity index (χ3n) is 4.09. The Labute approximate surface area is 201 Å². The summed E-state index contributed by atoms with van der Waals surface area (Å²) < 4.78 is 47.1. The molecule has 0 saturated heterocycles. The predicted octanol–water partition coefficient (Wildman–Crippen LogP) is 4.63. The topological polar surface area (TPSA) is 67.8 Å². The Morgan fingerprint density at radius 1 is 1.19 bits per heavy atom. The first-order valence-corrected chi connectivity index (χ1v) is 10.3. The average Bonchev–Trinajstić information content (AvgIpc) is 3.01. The third-order valence-corrected chi connectivity index (χ3v) is 5.22. The van der Waals surface area contributed by atoms with E-state index in [0.29, 0.717) is 25.6 Å². The second-order valence-electron chi connectivity index (χ2n) is 6.51. The number of nitrogens with one attached hydrogen (secondary N) is 2. The second kappa shape index (κ2) is 12.9. The molecule has 1 aromatic carbocycles. The van der Waals surface area contributed by atoms with Crippen LogP contribution in [0.1, 0.15) is 28.1 Å². The molecule has 0 saturated carbocycles. The monoisotopic (exact) mass is 572 g/mol. The van der Waals surface area contributed by atoms with Crippen molar-refractivity contribution in [3.05, 3.63) is 39.3 Å². The van der Waals surface area contributed by atoms with Crippen LogP contribution in [0.5, 0.6) is 11.5 Å². The Morgan fingerprint density at radius 3 is 2.52 bits per heavy atom. The van der Waals surface area contributed by atoms with Crippen molar-refractivity contribution < 1.29 is 22.6 Å². The Hall–Kier alpha value is -1.76. The van der Waals surface area contributed by atoms with Crippen molar-refractivity contribution in [3.8, 4) is 11.5 Å². The fourth-order valence-electron chi connectivity index (χ4n) is 2.54. The van der Waals surface area contributed by atoms with Gasteiger partial charge in [-0.1, -0.05) is 6.07 Å². The Bertz CT molecular complexity index is 840. The normalized spacial score (nSPS) is 11.6. The number of aromatic nitrogens is 1. The zero-order valence-electron chi connectivity index (χ0n) is 17.9. The number of aryl methyl sites for hydroxylation is 2. The van der Waals surface area contributed by atoms with Crippen LogP contribution in [0.4, 0.5) is 13.2 Å². The summed E-state index contributed by atoms with van der Waals surface area (Å²) in [5, 5.41) is 7.52. The number of hydrogen-bond acceptors (Lipinski definition) is 5. The van der Waals surface area contributed by atoms with E-state index in [-0.39, 0.29) is 35.5 Å². The number of benzene rings is 1. The fraction of sp³-hybridized carbons (Fsp3) is 0.500. The molecule has 2 aromatic rings. The average molecular weight is 572 g/mol. The highest BCUT2D eigenvalue weighted by Gasteiger charge is 2.29. The molecular formula is C20H28F3IN4O2S. The number of aliphatic imine (C=N–C) groups is 1. The van der Waals surface area contributed by atoms with E-state index in [0.717, 1.165) is 22.7 Å². The van der Waals surface area contributed by atoms with Crippen LogP contribution >= 0.6 is 35.3 Å². The van der Waals surface area contributed by atoms with Crippen molar-refractivity contribution in [3.63, 3.8) is 0 Å². The second-order valence-corrected chi connectivity index (χ2v) is 7.80. The Kier molecular flexibility index (Phi) is 11.4. The van der Waals surface area contributed by atoms with Gasteiger partial charge in [-0.25, -0.2) is 9.98 Å². The van der Waals surface area contributed by atoms with Gasteiger partial charge in [0, 0.05) is 24.4 Å². The molecule has 174 valence electrons. The van der Waals surface area contributed by atoms with Crippen LogP contribution < -0.4 is 20.1 Å². The maximum absolute atomic E-state index is 12.4. The van der Waals surface area contributed by atoms with Gasteiger partial charge in [-0.05, 0) is 38.5 Å². The molecule has 31 heavy (non-hydrogen) atoms. The summed E-state index contributed by atoms with van der Waals surface area (Å²) in [6.45, 7) is 6.39. The van der Waals surface area contributed by atoms with Gasteiger partial charge in [0.25, 0.3) is 0 Å².